The van der Waals surface area contributed by atoms with Crippen molar-refractivity contribution in [1.29, 1.82) is 0 Å². The van der Waals surface area contributed by atoms with E-state index in [1.807, 2.05) is 0 Å². The third-order valence-corrected chi connectivity index (χ3v) is 4.61. The predicted octanol–water partition coefficient (Wildman–Crippen LogP) is 3.25. The molecule has 0 bridgehead atoms. The number of carbonyl (C=O) groups is 2. The van der Waals surface area contributed by atoms with Crippen molar-refractivity contribution in [2.24, 2.45) is 5.92 Å². The zero-order chi connectivity index (χ0) is 23.8. The number of nitrogens with one attached hydrogen (secondary N) is 2. The van der Waals surface area contributed by atoms with Crippen LogP contribution >= 0.6 is 0 Å². The monoisotopic (exact) mass is 464 g/mol. The highest BCUT2D eigenvalue weighted by Crippen LogP contribution is 2.29. The fraction of sp³-hybridized carbons (Fsp3) is 0.304. The number of hydrogen-bond donors (Lipinski definition) is 3. The van der Waals surface area contributed by atoms with E-state index in [-0.39, 0.29) is 24.4 Å². The number of alkyl halides is 3. The standard InChI is InChI=1S/C23H23F3N2O5/c24-23(25,26)33-19-7-3-15(4-8-19)13-20(22(31)27-11-12-29)28-21(30)17-5-9-18(10-6-17)32-14-16-1-2-16/h3-10,13,16,29H,1-2,11-12,14H2,(H,27,31)(H,28,30). The van der Waals surface area contributed by atoms with E-state index in [2.05, 4.69) is 15.4 Å². The van der Waals surface area contributed by atoms with Crippen molar-refractivity contribution in [1.82, 2.24) is 10.6 Å². The lowest BCUT2D eigenvalue weighted by molar-refractivity contribution is -0.274. The number of halogens is 3. The second-order valence-corrected chi connectivity index (χ2v) is 7.39. The Morgan fingerprint density at radius 3 is 2.24 bits per heavy atom. The molecule has 1 aliphatic carbocycles. The first-order valence-corrected chi connectivity index (χ1v) is 10.2. The van der Waals surface area contributed by atoms with Gasteiger partial charge in [-0.25, -0.2) is 0 Å². The fourth-order valence-corrected chi connectivity index (χ4v) is 2.75. The van der Waals surface area contributed by atoms with Crippen LogP contribution in [0.1, 0.15) is 28.8 Å². The first-order valence-electron chi connectivity index (χ1n) is 10.2. The van der Waals surface area contributed by atoms with Gasteiger partial charge in [0.15, 0.2) is 0 Å². The molecule has 2 aromatic rings. The molecule has 7 nitrogen and oxygen atoms in total. The van der Waals surface area contributed by atoms with E-state index in [4.69, 9.17) is 9.84 Å². The summed E-state index contributed by atoms with van der Waals surface area (Å²) in [5, 5.41) is 13.9. The van der Waals surface area contributed by atoms with Crippen LogP contribution in [0.5, 0.6) is 11.5 Å². The summed E-state index contributed by atoms with van der Waals surface area (Å²) in [6, 6.07) is 11.2. The molecule has 1 saturated carbocycles. The van der Waals surface area contributed by atoms with Crippen molar-refractivity contribution in [2.75, 3.05) is 19.8 Å². The first kappa shape index (κ1) is 24.1. The molecule has 0 aliphatic heterocycles. The van der Waals surface area contributed by atoms with Crippen molar-refractivity contribution >= 4 is 17.9 Å². The first-order chi connectivity index (χ1) is 15.7. The molecule has 0 atom stereocenters. The van der Waals surface area contributed by atoms with Gasteiger partial charge in [-0.15, -0.1) is 13.2 Å². The second kappa shape index (κ2) is 10.9. The van der Waals surface area contributed by atoms with Crippen molar-refractivity contribution < 1.29 is 37.3 Å². The van der Waals surface area contributed by atoms with Gasteiger partial charge in [-0.2, -0.15) is 0 Å². The zero-order valence-electron chi connectivity index (χ0n) is 17.5. The van der Waals surface area contributed by atoms with E-state index in [1.165, 1.54) is 18.2 Å². The molecule has 0 aromatic heterocycles. The van der Waals surface area contributed by atoms with Gasteiger partial charge in [0.1, 0.15) is 17.2 Å². The third kappa shape index (κ3) is 8.15. The molecular formula is C23H23F3N2O5. The van der Waals surface area contributed by atoms with Gasteiger partial charge in [-0.05, 0) is 66.8 Å². The van der Waals surface area contributed by atoms with Crippen LogP contribution in [0, 0.1) is 5.92 Å². The molecule has 0 heterocycles. The van der Waals surface area contributed by atoms with Crippen molar-refractivity contribution in [3.63, 3.8) is 0 Å². The summed E-state index contributed by atoms with van der Waals surface area (Å²) in [5.41, 5.74) is 0.485. The van der Waals surface area contributed by atoms with Gasteiger partial charge >= 0.3 is 6.36 Å². The highest BCUT2D eigenvalue weighted by Gasteiger charge is 2.31. The van der Waals surface area contributed by atoms with Crippen LogP contribution in [0.3, 0.4) is 0 Å². The highest BCUT2D eigenvalue weighted by molar-refractivity contribution is 6.05. The van der Waals surface area contributed by atoms with E-state index in [1.54, 1.807) is 24.3 Å². The normalized spacial score (nSPS) is 13.9. The fourth-order valence-electron chi connectivity index (χ4n) is 2.75. The maximum atomic E-state index is 12.7. The Morgan fingerprint density at radius 2 is 1.67 bits per heavy atom. The van der Waals surface area contributed by atoms with E-state index in [0.29, 0.717) is 23.8 Å². The molecule has 3 rings (SSSR count). The lowest BCUT2D eigenvalue weighted by Crippen LogP contribution is -2.36. The van der Waals surface area contributed by atoms with Gasteiger partial charge in [0.25, 0.3) is 11.8 Å². The minimum absolute atomic E-state index is 0.0442. The molecule has 0 radical (unpaired) electrons. The van der Waals surface area contributed by atoms with Crippen molar-refractivity contribution in [3.8, 4) is 11.5 Å². The van der Waals surface area contributed by atoms with Gasteiger partial charge in [0.05, 0.1) is 13.2 Å². The van der Waals surface area contributed by atoms with Gasteiger partial charge in [0, 0.05) is 12.1 Å². The maximum Gasteiger partial charge on any atom is 0.573 e. The topological polar surface area (TPSA) is 96.9 Å². The van der Waals surface area contributed by atoms with E-state index < -0.39 is 23.9 Å². The number of ether oxygens (including phenoxy) is 2. The SMILES string of the molecule is O=C(NCCO)C(=Cc1ccc(OC(F)(F)F)cc1)NC(=O)c1ccc(OCC2CC2)cc1. The smallest absolute Gasteiger partial charge is 0.493 e. The van der Waals surface area contributed by atoms with Crippen LogP contribution < -0.4 is 20.1 Å². The average Bonchev–Trinajstić information content (AvgIpc) is 3.60. The van der Waals surface area contributed by atoms with Crippen LogP contribution in [-0.2, 0) is 4.79 Å². The van der Waals surface area contributed by atoms with E-state index in [9.17, 15) is 22.8 Å². The van der Waals surface area contributed by atoms with Crippen LogP contribution in [0.15, 0.2) is 54.2 Å². The molecule has 0 saturated heterocycles. The number of rotatable bonds is 10. The summed E-state index contributed by atoms with van der Waals surface area (Å²) < 4.78 is 46.4. The zero-order valence-corrected chi connectivity index (χ0v) is 17.5. The Labute approximate surface area is 188 Å². The summed E-state index contributed by atoms with van der Waals surface area (Å²) in [7, 11) is 0. The van der Waals surface area contributed by atoms with E-state index in [0.717, 1.165) is 25.0 Å². The van der Waals surface area contributed by atoms with Gasteiger partial charge < -0.3 is 25.2 Å². The Balaban J connectivity index is 1.71. The van der Waals surface area contributed by atoms with E-state index >= 15 is 0 Å². The third-order valence-electron chi connectivity index (χ3n) is 4.61. The molecule has 2 amide bonds. The highest BCUT2D eigenvalue weighted by atomic mass is 19.4. The molecule has 1 aliphatic rings. The average molecular weight is 464 g/mol. The molecule has 33 heavy (non-hydrogen) atoms. The molecule has 0 unspecified atom stereocenters. The Bertz CT molecular complexity index is 985. The summed E-state index contributed by atoms with van der Waals surface area (Å²) in [4.78, 5) is 25.1. The number of aliphatic hydroxyl groups excluding tert-OH is 1. The lowest BCUT2D eigenvalue weighted by atomic mass is 10.1. The lowest BCUT2D eigenvalue weighted by Gasteiger charge is -2.12. The Kier molecular flexibility index (Phi) is 7.94. The molecule has 10 heteroatoms. The molecule has 1 fully saturated rings. The van der Waals surface area contributed by atoms with Gasteiger partial charge in [-0.3, -0.25) is 9.59 Å². The van der Waals surface area contributed by atoms with Crippen LogP contribution in [-0.4, -0.2) is 43.0 Å². The maximum absolute atomic E-state index is 12.7. The molecule has 2 aromatic carbocycles. The summed E-state index contributed by atoms with van der Waals surface area (Å²) >= 11 is 0. The quantitative estimate of drug-likeness (QED) is 0.469. The molecule has 0 spiro atoms. The number of amides is 2. The Hall–Kier alpha value is -3.53. The van der Waals surface area contributed by atoms with Gasteiger partial charge in [0.2, 0.25) is 0 Å². The Morgan fingerprint density at radius 1 is 1.03 bits per heavy atom. The van der Waals surface area contributed by atoms with Crippen molar-refractivity contribution in [3.05, 3.63) is 65.4 Å². The molecule has 176 valence electrons. The van der Waals surface area contributed by atoms with Crippen LogP contribution in [0.4, 0.5) is 13.2 Å². The second-order valence-electron chi connectivity index (χ2n) is 7.39. The number of carbonyl (C=O) groups excluding carboxylic acids is 2. The number of benzene rings is 2. The molecular weight excluding hydrogens is 441 g/mol. The van der Waals surface area contributed by atoms with Crippen LogP contribution in [0.25, 0.3) is 6.08 Å². The number of hydrogen-bond acceptors (Lipinski definition) is 5. The number of aliphatic hydroxyl groups is 1. The minimum atomic E-state index is -4.82. The summed E-state index contributed by atoms with van der Waals surface area (Å²) in [6.07, 6.45) is -1.20. The molecule has 3 N–H and O–H groups in total. The van der Waals surface area contributed by atoms with Gasteiger partial charge in [-0.1, -0.05) is 12.1 Å². The summed E-state index contributed by atoms with van der Waals surface area (Å²) in [6.45, 7) is 0.284. The van der Waals surface area contributed by atoms with Crippen LogP contribution in [0.2, 0.25) is 0 Å². The predicted molar refractivity (Wildman–Crippen MR) is 113 cm³/mol. The van der Waals surface area contributed by atoms with Crippen molar-refractivity contribution in [2.45, 2.75) is 19.2 Å². The largest absolute Gasteiger partial charge is 0.573 e. The summed E-state index contributed by atoms with van der Waals surface area (Å²) in [5.74, 6) is -0.425. The minimum Gasteiger partial charge on any atom is -0.493 e.